The summed E-state index contributed by atoms with van der Waals surface area (Å²) in [5.74, 6) is 1.35. The normalized spacial score (nSPS) is 16.9. The van der Waals surface area contributed by atoms with Crippen LogP contribution in [0, 0.1) is 5.82 Å². The molecule has 1 aromatic carbocycles. The summed E-state index contributed by atoms with van der Waals surface area (Å²) in [6.07, 6.45) is 2.20. The third kappa shape index (κ3) is 4.35. The van der Waals surface area contributed by atoms with Gasteiger partial charge in [0.25, 0.3) is 0 Å². The van der Waals surface area contributed by atoms with Crippen molar-refractivity contribution in [2.24, 2.45) is 0 Å². The minimum atomic E-state index is -0.344. The Morgan fingerprint density at radius 2 is 2.28 bits per heavy atom. The number of carbonyl (C=O) groups excluding carboxylic acids is 1. The molecule has 134 valence electrons. The Labute approximate surface area is 145 Å². The van der Waals surface area contributed by atoms with Crippen LogP contribution in [0.2, 0.25) is 0 Å². The van der Waals surface area contributed by atoms with E-state index in [4.69, 9.17) is 9.26 Å². The number of nitrogens with zero attached hydrogens (tertiary/aromatic N) is 2. The first kappa shape index (κ1) is 17.4. The highest BCUT2D eigenvalue weighted by Gasteiger charge is 2.22. The number of fused-ring (bicyclic) bond motifs is 1. The molecule has 0 spiro atoms. The maximum absolute atomic E-state index is 13.4. The molecular formula is C18H22FN3O3. The van der Waals surface area contributed by atoms with Gasteiger partial charge in [0.2, 0.25) is 11.8 Å². The van der Waals surface area contributed by atoms with Gasteiger partial charge in [-0.1, -0.05) is 25.1 Å². The number of ether oxygens (including phenoxy) is 1. The first-order valence-electron chi connectivity index (χ1n) is 8.57. The van der Waals surface area contributed by atoms with Crippen molar-refractivity contribution in [3.05, 3.63) is 41.3 Å². The molecule has 0 aliphatic carbocycles. The molecule has 2 aromatic rings. The van der Waals surface area contributed by atoms with E-state index in [0.29, 0.717) is 30.5 Å². The maximum atomic E-state index is 13.4. The second kappa shape index (κ2) is 7.63. The smallest absolute Gasteiger partial charge is 0.227 e. The van der Waals surface area contributed by atoms with Crippen LogP contribution in [0.1, 0.15) is 62.3 Å². The average molecular weight is 347 g/mol. The molecule has 1 unspecified atom stereocenters. The molecule has 0 fully saturated rings. The molecule has 1 aliphatic heterocycles. The van der Waals surface area contributed by atoms with Crippen molar-refractivity contribution in [1.29, 1.82) is 0 Å². The number of aromatic nitrogens is 2. The summed E-state index contributed by atoms with van der Waals surface area (Å²) >= 11 is 0. The van der Waals surface area contributed by atoms with Crippen LogP contribution in [0.3, 0.4) is 0 Å². The van der Waals surface area contributed by atoms with E-state index < -0.39 is 0 Å². The minimum Gasteiger partial charge on any atom is -0.493 e. The van der Waals surface area contributed by atoms with E-state index in [-0.39, 0.29) is 30.1 Å². The molecule has 0 saturated heterocycles. The molecule has 2 heterocycles. The summed E-state index contributed by atoms with van der Waals surface area (Å²) in [6, 6.07) is 4.25. The third-order valence-corrected chi connectivity index (χ3v) is 4.15. The summed E-state index contributed by atoms with van der Waals surface area (Å²) in [4.78, 5) is 16.6. The van der Waals surface area contributed by atoms with E-state index in [9.17, 15) is 9.18 Å². The fraction of sp³-hybridized carbons (Fsp3) is 0.500. The van der Waals surface area contributed by atoms with Gasteiger partial charge >= 0.3 is 0 Å². The molecule has 3 rings (SSSR count). The predicted octanol–water partition coefficient (Wildman–Crippen LogP) is 3.29. The summed E-state index contributed by atoms with van der Waals surface area (Å²) in [7, 11) is 0. The Morgan fingerprint density at radius 3 is 3.04 bits per heavy atom. The zero-order valence-electron chi connectivity index (χ0n) is 14.4. The standard InChI is InChI=1S/C18H22FN3O3/c1-11(2)18-21-17(25-22-18)8-7-16(23)20-14-4-3-9-24-15-10-12(19)5-6-13(14)15/h5-6,10-11,14H,3-4,7-9H2,1-2H3,(H,20,23). The largest absolute Gasteiger partial charge is 0.493 e. The van der Waals surface area contributed by atoms with Crippen LogP contribution in [0.15, 0.2) is 22.7 Å². The van der Waals surface area contributed by atoms with Gasteiger partial charge in [-0.05, 0) is 18.9 Å². The first-order valence-corrected chi connectivity index (χ1v) is 8.57. The van der Waals surface area contributed by atoms with E-state index in [1.54, 1.807) is 6.07 Å². The number of amides is 1. The van der Waals surface area contributed by atoms with Gasteiger partial charge in [-0.15, -0.1) is 0 Å². The molecule has 0 bridgehead atoms. The predicted molar refractivity (Wildman–Crippen MR) is 88.7 cm³/mol. The lowest BCUT2D eigenvalue weighted by molar-refractivity contribution is -0.121. The van der Waals surface area contributed by atoms with Crippen LogP contribution in [0.25, 0.3) is 0 Å². The summed E-state index contributed by atoms with van der Waals surface area (Å²) in [5, 5.41) is 6.89. The maximum Gasteiger partial charge on any atom is 0.227 e. The van der Waals surface area contributed by atoms with E-state index in [1.165, 1.54) is 12.1 Å². The molecule has 0 radical (unpaired) electrons. The zero-order chi connectivity index (χ0) is 17.8. The molecule has 1 atom stereocenters. The first-order chi connectivity index (χ1) is 12.0. The molecule has 1 aromatic heterocycles. The number of halogens is 1. The lowest BCUT2D eigenvalue weighted by Crippen LogP contribution is -2.28. The van der Waals surface area contributed by atoms with Crippen molar-refractivity contribution < 1.29 is 18.4 Å². The topological polar surface area (TPSA) is 77.2 Å². The van der Waals surface area contributed by atoms with Gasteiger partial charge in [-0.3, -0.25) is 4.79 Å². The minimum absolute atomic E-state index is 0.105. The van der Waals surface area contributed by atoms with E-state index in [1.807, 2.05) is 13.8 Å². The van der Waals surface area contributed by atoms with Crippen LogP contribution in [0.4, 0.5) is 4.39 Å². The summed E-state index contributed by atoms with van der Waals surface area (Å²) in [5.41, 5.74) is 0.812. The Hall–Kier alpha value is -2.44. The molecule has 0 saturated carbocycles. The SMILES string of the molecule is CC(C)c1noc(CCC(=O)NC2CCCOc3cc(F)ccc32)n1. The molecular weight excluding hydrogens is 325 g/mol. The van der Waals surface area contributed by atoms with Gasteiger partial charge in [0.05, 0.1) is 12.6 Å². The lowest BCUT2D eigenvalue weighted by Gasteiger charge is -2.18. The van der Waals surface area contributed by atoms with Gasteiger partial charge in [-0.2, -0.15) is 4.98 Å². The third-order valence-electron chi connectivity index (χ3n) is 4.15. The van der Waals surface area contributed by atoms with E-state index in [2.05, 4.69) is 15.5 Å². The van der Waals surface area contributed by atoms with Crippen molar-refractivity contribution in [3.8, 4) is 5.75 Å². The number of rotatable bonds is 5. The summed E-state index contributed by atoms with van der Waals surface area (Å²) in [6.45, 7) is 4.48. The second-order valence-electron chi connectivity index (χ2n) is 6.49. The van der Waals surface area contributed by atoms with Crippen LogP contribution >= 0.6 is 0 Å². The van der Waals surface area contributed by atoms with Crippen molar-refractivity contribution in [2.45, 2.75) is 51.5 Å². The summed E-state index contributed by atoms with van der Waals surface area (Å²) < 4.78 is 24.1. The van der Waals surface area contributed by atoms with E-state index >= 15 is 0 Å². The average Bonchev–Trinajstić information content (AvgIpc) is 2.97. The quantitative estimate of drug-likeness (QED) is 0.898. The number of benzene rings is 1. The number of aryl methyl sites for hydroxylation is 1. The monoisotopic (exact) mass is 347 g/mol. The number of carbonyl (C=O) groups is 1. The van der Waals surface area contributed by atoms with Crippen LogP contribution in [0.5, 0.6) is 5.75 Å². The highest BCUT2D eigenvalue weighted by atomic mass is 19.1. The van der Waals surface area contributed by atoms with Gasteiger partial charge in [0.1, 0.15) is 11.6 Å². The Morgan fingerprint density at radius 1 is 1.44 bits per heavy atom. The molecule has 6 nitrogen and oxygen atoms in total. The van der Waals surface area contributed by atoms with Crippen molar-refractivity contribution in [2.75, 3.05) is 6.61 Å². The van der Waals surface area contributed by atoms with Gasteiger partial charge in [-0.25, -0.2) is 4.39 Å². The Bertz CT molecular complexity index is 745. The molecule has 1 N–H and O–H groups in total. The Balaban J connectivity index is 1.60. The highest BCUT2D eigenvalue weighted by molar-refractivity contribution is 5.76. The second-order valence-corrected chi connectivity index (χ2v) is 6.49. The molecule has 7 heteroatoms. The van der Waals surface area contributed by atoms with Gasteiger partial charge in [0, 0.05) is 30.4 Å². The van der Waals surface area contributed by atoms with Crippen molar-refractivity contribution >= 4 is 5.91 Å². The number of nitrogens with one attached hydrogen (secondary N) is 1. The number of hydrogen-bond donors (Lipinski definition) is 1. The number of hydrogen-bond acceptors (Lipinski definition) is 5. The zero-order valence-corrected chi connectivity index (χ0v) is 14.4. The molecule has 1 aliphatic rings. The van der Waals surface area contributed by atoms with Crippen LogP contribution in [-0.4, -0.2) is 22.7 Å². The van der Waals surface area contributed by atoms with Crippen molar-refractivity contribution in [3.63, 3.8) is 0 Å². The lowest BCUT2D eigenvalue weighted by atomic mass is 10.0. The molecule has 25 heavy (non-hydrogen) atoms. The highest BCUT2D eigenvalue weighted by Crippen LogP contribution is 2.32. The van der Waals surface area contributed by atoms with Crippen LogP contribution in [-0.2, 0) is 11.2 Å². The van der Waals surface area contributed by atoms with Gasteiger partial charge in [0.15, 0.2) is 5.82 Å². The fourth-order valence-corrected chi connectivity index (χ4v) is 2.79. The van der Waals surface area contributed by atoms with Gasteiger partial charge < -0.3 is 14.6 Å². The molecule has 1 amide bonds. The van der Waals surface area contributed by atoms with Crippen LogP contribution < -0.4 is 10.1 Å². The van der Waals surface area contributed by atoms with E-state index in [0.717, 1.165) is 18.4 Å². The van der Waals surface area contributed by atoms with Crippen molar-refractivity contribution in [1.82, 2.24) is 15.5 Å². The fourth-order valence-electron chi connectivity index (χ4n) is 2.79. The Kier molecular flexibility index (Phi) is 5.31.